The van der Waals surface area contributed by atoms with E-state index in [-0.39, 0.29) is 33.9 Å². The standard InChI is InChI=1S/C20H13Cl2N5O3/c21-16-8-13(11-25-26-20-18(27(28)29)6-3-7-24-20)9-17(22)19(16)30-12-15-5-2-1-4-14(15)10-23/h1-9,11H,12H2,(H,24,26)/b25-11-. The molecule has 2 aromatic carbocycles. The van der Waals surface area contributed by atoms with Crippen LogP contribution in [0.1, 0.15) is 16.7 Å². The van der Waals surface area contributed by atoms with E-state index >= 15 is 0 Å². The van der Waals surface area contributed by atoms with Crippen LogP contribution in [0.15, 0.2) is 59.8 Å². The average Bonchev–Trinajstić information content (AvgIpc) is 2.73. The minimum Gasteiger partial charge on any atom is -0.486 e. The molecule has 0 unspecified atom stereocenters. The van der Waals surface area contributed by atoms with E-state index in [1.54, 1.807) is 36.4 Å². The van der Waals surface area contributed by atoms with Gasteiger partial charge in [0.25, 0.3) is 0 Å². The fourth-order valence-corrected chi connectivity index (χ4v) is 3.11. The smallest absolute Gasteiger partial charge is 0.313 e. The number of aromatic nitrogens is 1. The molecule has 0 fully saturated rings. The van der Waals surface area contributed by atoms with Gasteiger partial charge in [-0.2, -0.15) is 10.4 Å². The van der Waals surface area contributed by atoms with Gasteiger partial charge >= 0.3 is 5.69 Å². The second kappa shape index (κ2) is 9.69. The van der Waals surface area contributed by atoms with Crippen LogP contribution in [0, 0.1) is 21.4 Å². The van der Waals surface area contributed by atoms with Gasteiger partial charge in [-0.25, -0.2) is 4.98 Å². The molecule has 0 aliphatic carbocycles. The molecule has 30 heavy (non-hydrogen) atoms. The van der Waals surface area contributed by atoms with Gasteiger partial charge in [0.05, 0.1) is 32.8 Å². The number of nitrogens with zero attached hydrogens (tertiary/aromatic N) is 4. The Kier molecular flexibility index (Phi) is 6.80. The third kappa shape index (κ3) is 5.03. The quantitative estimate of drug-likeness (QED) is 0.306. The molecule has 3 aromatic rings. The van der Waals surface area contributed by atoms with Gasteiger partial charge < -0.3 is 4.74 Å². The van der Waals surface area contributed by atoms with Gasteiger partial charge in [-0.1, -0.05) is 41.4 Å². The molecule has 1 aromatic heterocycles. The first-order chi connectivity index (χ1) is 14.5. The number of pyridine rings is 1. The lowest BCUT2D eigenvalue weighted by molar-refractivity contribution is -0.384. The van der Waals surface area contributed by atoms with Crippen LogP contribution in [0.4, 0.5) is 11.5 Å². The number of nitro groups is 1. The van der Waals surface area contributed by atoms with Gasteiger partial charge in [-0.3, -0.25) is 15.5 Å². The second-order valence-electron chi connectivity index (χ2n) is 5.87. The number of nitrogens with one attached hydrogen (secondary N) is 1. The lowest BCUT2D eigenvalue weighted by Crippen LogP contribution is -2.00. The SMILES string of the molecule is N#Cc1ccccc1COc1c(Cl)cc(/C=N\Nc2ncccc2[N+](=O)[O-])cc1Cl. The van der Waals surface area contributed by atoms with Crippen LogP contribution in [-0.4, -0.2) is 16.1 Å². The normalized spacial score (nSPS) is 10.6. The topological polar surface area (TPSA) is 113 Å². The fourth-order valence-electron chi connectivity index (χ4n) is 2.50. The minimum absolute atomic E-state index is 0.00653. The Bertz CT molecular complexity index is 1140. The summed E-state index contributed by atoms with van der Waals surface area (Å²) in [5.41, 5.74) is 4.08. The Hall–Kier alpha value is -3.67. The predicted octanol–water partition coefficient (Wildman–Crippen LogP) is 5.19. The zero-order valence-electron chi connectivity index (χ0n) is 15.3. The van der Waals surface area contributed by atoms with Crippen LogP contribution in [0.3, 0.4) is 0 Å². The van der Waals surface area contributed by atoms with E-state index in [9.17, 15) is 10.1 Å². The number of anilines is 1. The Morgan fingerprint density at radius 1 is 1.23 bits per heavy atom. The molecule has 0 spiro atoms. The largest absolute Gasteiger partial charge is 0.486 e. The molecule has 1 heterocycles. The van der Waals surface area contributed by atoms with Crippen molar-refractivity contribution >= 4 is 40.9 Å². The van der Waals surface area contributed by atoms with Crippen molar-refractivity contribution in [2.45, 2.75) is 6.61 Å². The highest BCUT2D eigenvalue weighted by molar-refractivity contribution is 6.37. The van der Waals surface area contributed by atoms with Crippen molar-refractivity contribution < 1.29 is 9.66 Å². The van der Waals surface area contributed by atoms with E-state index in [1.807, 2.05) is 0 Å². The number of nitriles is 1. The molecule has 0 atom stereocenters. The Labute approximate surface area is 181 Å². The highest BCUT2D eigenvalue weighted by Gasteiger charge is 2.13. The van der Waals surface area contributed by atoms with Gasteiger partial charge in [-0.05, 0) is 29.8 Å². The van der Waals surface area contributed by atoms with E-state index in [1.165, 1.54) is 24.5 Å². The first-order valence-electron chi connectivity index (χ1n) is 8.48. The summed E-state index contributed by atoms with van der Waals surface area (Å²) in [5, 5.41) is 24.6. The summed E-state index contributed by atoms with van der Waals surface area (Å²) in [6.45, 7) is 0.126. The van der Waals surface area contributed by atoms with Gasteiger partial charge in [0.1, 0.15) is 6.61 Å². The molecule has 0 amide bonds. The molecule has 10 heteroatoms. The van der Waals surface area contributed by atoms with Crippen LogP contribution >= 0.6 is 23.2 Å². The van der Waals surface area contributed by atoms with Gasteiger partial charge in [-0.15, -0.1) is 0 Å². The van der Waals surface area contributed by atoms with E-state index in [0.29, 0.717) is 16.7 Å². The zero-order valence-corrected chi connectivity index (χ0v) is 16.8. The maximum atomic E-state index is 11.0. The zero-order chi connectivity index (χ0) is 21.5. The summed E-state index contributed by atoms with van der Waals surface area (Å²) < 4.78 is 5.71. The summed E-state index contributed by atoms with van der Waals surface area (Å²) >= 11 is 12.6. The predicted molar refractivity (Wildman–Crippen MR) is 114 cm³/mol. The van der Waals surface area contributed by atoms with Gasteiger partial charge in [0.2, 0.25) is 5.82 Å². The lowest BCUT2D eigenvalue weighted by atomic mass is 10.1. The van der Waals surface area contributed by atoms with E-state index in [2.05, 4.69) is 21.6 Å². The molecule has 0 radical (unpaired) electrons. The van der Waals surface area contributed by atoms with Crippen LogP contribution in [-0.2, 0) is 6.61 Å². The molecule has 8 nitrogen and oxygen atoms in total. The van der Waals surface area contributed by atoms with Crippen LogP contribution in [0.25, 0.3) is 0 Å². The monoisotopic (exact) mass is 441 g/mol. The van der Waals surface area contributed by atoms with Gasteiger partial charge in [0.15, 0.2) is 5.75 Å². The minimum atomic E-state index is -0.560. The number of hydrazone groups is 1. The molecular formula is C20H13Cl2N5O3. The van der Waals surface area contributed by atoms with Crippen molar-refractivity contribution in [3.8, 4) is 11.8 Å². The highest BCUT2D eigenvalue weighted by atomic mass is 35.5. The van der Waals surface area contributed by atoms with Crippen molar-refractivity contribution in [3.05, 3.63) is 91.6 Å². The molecular weight excluding hydrogens is 429 g/mol. The summed E-state index contributed by atoms with van der Waals surface area (Å²) in [5.74, 6) is 0.281. The third-order valence-electron chi connectivity index (χ3n) is 3.90. The Balaban J connectivity index is 1.73. The number of rotatable bonds is 7. The van der Waals surface area contributed by atoms with Crippen molar-refractivity contribution in [1.29, 1.82) is 5.26 Å². The van der Waals surface area contributed by atoms with Crippen molar-refractivity contribution in [2.24, 2.45) is 5.10 Å². The summed E-state index contributed by atoms with van der Waals surface area (Å²) in [6, 6.07) is 15.1. The molecule has 0 saturated carbocycles. The van der Waals surface area contributed by atoms with Crippen molar-refractivity contribution in [1.82, 2.24) is 4.98 Å². The molecule has 3 rings (SSSR count). The number of hydrogen-bond acceptors (Lipinski definition) is 7. The number of hydrogen-bond donors (Lipinski definition) is 1. The van der Waals surface area contributed by atoms with Crippen LogP contribution in [0.2, 0.25) is 10.0 Å². The van der Waals surface area contributed by atoms with Crippen molar-refractivity contribution in [3.63, 3.8) is 0 Å². The number of halogens is 2. The Morgan fingerprint density at radius 3 is 2.67 bits per heavy atom. The highest BCUT2D eigenvalue weighted by Crippen LogP contribution is 2.34. The summed E-state index contributed by atoms with van der Waals surface area (Å²) in [4.78, 5) is 14.3. The lowest BCUT2D eigenvalue weighted by Gasteiger charge is -2.11. The van der Waals surface area contributed by atoms with E-state index in [4.69, 9.17) is 33.2 Å². The Morgan fingerprint density at radius 2 is 1.97 bits per heavy atom. The first kappa shape index (κ1) is 21.0. The van der Waals surface area contributed by atoms with Crippen LogP contribution in [0.5, 0.6) is 5.75 Å². The average molecular weight is 442 g/mol. The third-order valence-corrected chi connectivity index (χ3v) is 4.46. The molecule has 0 aliphatic rings. The second-order valence-corrected chi connectivity index (χ2v) is 6.68. The molecule has 0 saturated heterocycles. The van der Waals surface area contributed by atoms with Crippen molar-refractivity contribution in [2.75, 3.05) is 5.43 Å². The first-order valence-corrected chi connectivity index (χ1v) is 9.23. The summed E-state index contributed by atoms with van der Waals surface area (Å²) in [7, 11) is 0. The molecule has 0 aliphatic heterocycles. The van der Waals surface area contributed by atoms with Gasteiger partial charge in [0, 0.05) is 17.8 Å². The summed E-state index contributed by atoms with van der Waals surface area (Å²) in [6.07, 6.45) is 2.81. The van der Waals surface area contributed by atoms with E-state index in [0.717, 1.165) is 0 Å². The number of ether oxygens (including phenoxy) is 1. The molecule has 150 valence electrons. The van der Waals surface area contributed by atoms with E-state index < -0.39 is 4.92 Å². The fraction of sp³-hybridized carbons (Fsp3) is 0.0500. The molecule has 1 N–H and O–H groups in total. The van der Waals surface area contributed by atoms with Crippen LogP contribution < -0.4 is 10.2 Å². The molecule has 0 bridgehead atoms. The number of benzene rings is 2. The maximum absolute atomic E-state index is 11.0. The maximum Gasteiger partial charge on any atom is 0.313 e.